The van der Waals surface area contributed by atoms with Crippen molar-refractivity contribution in [3.05, 3.63) is 53.3 Å². The smallest absolute Gasteiger partial charge is 0.407 e. The van der Waals surface area contributed by atoms with Gasteiger partial charge in [-0.1, -0.05) is 6.07 Å². The maximum atomic E-state index is 12.0. The van der Waals surface area contributed by atoms with Crippen molar-refractivity contribution in [1.29, 1.82) is 0 Å². The molecule has 0 spiro atoms. The van der Waals surface area contributed by atoms with E-state index in [-0.39, 0.29) is 6.61 Å². The number of carbonyl (C=O) groups is 1. The Morgan fingerprint density at radius 2 is 2.04 bits per heavy atom. The van der Waals surface area contributed by atoms with Gasteiger partial charge in [0, 0.05) is 13.1 Å². The molecule has 0 radical (unpaired) electrons. The molecule has 1 aromatic carbocycles. The van der Waals surface area contributed by atoms with Crippen molar-refractivity contribution < 1.29 is 23.8 Å². The van der Waals surface area contributed by atoms with Crippen molar-refractivity contribution in [2.45, 2.75) is 19.6 Å². The summed E-state index contributed by atoms with van der Waals surface area (Å²) in [5, 5.41) is 9.10. The van der Waals surface area contributed by atoms with Gasteiger partial charge in [-0.2, -0.15) is 0 Å². The van der Waals surface area contributed by atoms with E-state index in [1.165, 1.54) is 11.1 Å². The third-order valence-electron chi connectivity index (χ3n) is 3.87. The van der Waals surface area contributed by atoms with Gasteiger partial charge >= 0.3 is 6.09 Å². The molecule has 1 amide bonds. The third kappa shape index (κ3) is 3.73. The van der Waals surface area contributed by atoms with Crippen molar-refractivity contribution in [3.63, 3.8) is 0 Å². The fraction of sp³-hybridized carbons (Fsp3) is 0.294. The number of rotatable bonds is 5. The minimum Gasteiger partial charge on any atom is -0.487 e. The minimum atomic E-state index is -0.910. The summed E-state index contributed by atoms with van der Waals surface area (Å²) in [4.78, 5) is 16.6. The number of halogens is 1. The monoisotopic (exact) mass is 332 g/mol. The molecule has 0 bridgehead atoms. The van der Waals surface area contributed by atoms with Crippen molar-refractivity contribution in [1.82, 2.24) is 9.88 Å². The molecule has 0 unspecified atom stereocenters. The summed E-state index contributed by atoms with van der Waals surface area (Å²) < 4.78 is 22.5. The van der Waals surface area contributed by atoms with Crippen LogP contribution in [0.3, 0.4) is 0 Å². The summed E-state index contributed by atoms with van der Waals surface area (Å²) in [5.74, 6) is 1.02. The number of amides is 1. The Hall–Kier alpha value is -2.83. The molecular formula is C17H17FN2O4. The van der Waals surface area contributed by atoms with Crippen LogP contribution < -0.4 is 9.47 Å². The number of hydrogen-bond acceptors (Lipinski definition) is 4. The van der Waals surface area contributed by atoms with E-state index in [9.17, 15) is 9.18 Å². The highest BCUT2D eigenvalue weighted by Crippen LogP contribution is 2.24. The van der Waals surface area contributed by atoms with Crippen LogP contribution in [-0.2, 0) is 19.6 Å². The predicted octanol–water partition coefficient (Wildman–Crippen LogP) is 3.00. The van der Waals surface area contributed by atoms with Crippen molar-refractivity contribution in [3.8, 4) is 11.5 Å². The van der Waals surface area contributed by atoms with Crippen LogP contribution in [0.5, 0.6) is 11.5 Å². The topological polar surface area (TPSA) is 71.9 Å². The van der Waals surface area contributed by atoms with E-state index in [2.05, 4.69) is 4.98 Å². The molecule has 24 heavy (non-hydrogen) atoms. The molecule has 0 saturated heterocycles. The summed E-state index contributed by atoms with van der Waals surface area (Å²) in [5.41, 5.74) is 2.79. The highest BCUT2D eigenvalue weighted by atomic mass is 19.1. The number of carboxylic acid groups (broad SMARTS) is 1. The summed E-state index contributed by atoms with van der Waals surface area (Å²) in [7, 11) is 0. The van der Waals surface area contributed by atoms with Crippen LogP contribution in [0.4, 0.5) is 9.18 Å². The first-order chi connectivity index (χ1) is 11.7. The first-order valence-electron chi connectivity index (χ1n) is 7.52. The Kier molecular flexibility index (Phi) is 4.79. The molecule has 1 aromatic heterocycles. The van der Waals surface area contributed by atoms with E-state index in [0.717, 1.165) is 11.1 Å². The number of hydrogen-bond donors (Lipinski definition) is 1. The maximum absolute atomic E-state index is 12.0. The maximum Gasteiger partial charge on any atom is 0.407 e. The molecule has 2 heterocycles. The highest BCUT2D eigenvalue weighted by Gasteiger charge is 2.20. The van der Waals surface area contributed by atoms with Crippen molar-refractivity contribution in [2.24, 2.45) is 0 Å². The highest BCUT2D eigenvalue weighted by molar-refractivity contribution is 5.65. The van der Waals surface area contributed by atoms with Gasteiger partial charge in [0.15, 0.2) is 0 Å². The van der Waals surface area contributed by atoms with Gasteiger partial charge in [-0.05, 0) is 41.8 Å². The van der Waals surface area contributed by atoms with Crippen LogP contribution in [0.15, 0.2) is 36.5 Å². The lowest BCUT2D eigenvalue weighted by molar-refractivity contribution is 0.140. The van der Waals surface area contributed by atoms with Gasteiger partial charge in [-0.25, -0.2) is 9.18 Å². The Morgan fingerprint density at radius 3 is 2.75 bits per heavy atom. The van der Waals surface area contributed by atoms with Crippen molar-refractivity contribution >= 4 is 6.09 Å². The molecule has 0 fully saturated rings. The molecule has 1 N–H and O–H groups in total. The zero-order chi connectivity index (χ0) is 16.9. The van der Waals surface area contributed by atoms with E-state index in [0.29, 0.717) is 36.7 Å². The zero-order valence-electron chi connectivity index (χ0n) is 12.9. The standard InChI is InChI=1S/C17H17FN2O4/c18-11-24-16-4-2-14(19-8-16)10-23-15-3-1-12-5-6-20(17(21)22)9-13(12)7-15/h1-4,7-8H,5-6,9-11H2,(H,21,22). The number of benzene rings is 1. The second kappa shape index (κ2) is 7.16. The van der Waals surface area contributed by atoms with Gasteiger partial charge < -0.3 is 19.5 Å². The first-order valence-corrected chi connectivity index (χ1v) is 7.52. The summed E-state index contributed by atoms with van der Waals surface area (Å²) in [6.07, 6.45) is 1.24. The average molecular weight is 332 g/mol. The first kappa shape index (κ1) is 16.0. The molecular weight excluding hydrogens is 315 g/mol. The van der Waals surface area contributed by atoms with E-state index >= 15 is 0 Å². The Morgan fingerprint density at radius 1 is 1.21 bits per heavy atom. The molecule has 0 saturated carbocycles. The predicted molar refractivity (Wildman–Crippen MR) is 83.8 cm³/mol. The molecule has 0 aliphatic carbocycles. The van der Waals surface area contributed by atoms with Crippen LogP contribution in [-0.4, -0.2) is 34.5 Å². The van der Waals surface area contributed by atoms with Gasteiger partial charge in [0.05, 0.1) is 11.9 Å². The lowest BCUT2D eigenvalue weighted by Gasteiger charge is -2.26. The SMILES string of the molecule is O=C(O)N1CCc2ccc(OCc3ccc(OCF)cn3)cc2C1. The normalized spacial score (nSPS) is 13.3. The minimum absolute atomic E-state index is 0.261. The molecule has 7 heteroatoms. The van der Waals surface area contributed by atoms with E-state index in [1.54, 1.807) is 12.1 Å². The third-order valence-corrected chi connectivity index (χ3v) is 3.87. The van der Waals surface area contributed by atoms with Crippen LogP contribution in [0.25, 0.3) is 0 Å². The summed E-state index contributed by atoms with van der Waals surface area (Å²) in [6, 6.07) is 9.04. The Bertz CT molecular complexity index is 721. The Labute approximate surface area is 138 Å². The van der Waals surface area contributed by atoms with Crippen LogP contribution in [0, 0.1) is 0 Å². The van der Waals surface area contributed by atoms with E-state index in [1.807, 2.05) is 18.2 Å². The quantitative estimate of drug-likeness (QED) is 0.911. The van der Waals surface area contributed by atoms with Gasteiger partial charge in [0.25, 0.3) is 0 Å². The molecule has 6 nitrogen and oxygen atoms in total. The molecule has 126 valence electrons. The Balaban J connectivity index is 1.64. The van der Waals surface area contributed by atoms with Gasteiger partial charge in [-0.3, -0.25) is 4.98 Å². The second-order valence-electron chi connectivity index (χ2n) is 5.41. The average Bonchev–Trinajstić information content (AvgIpc) is 2.60. The summed E-state index contributed by atoms with van der Waals surface area (Å²) >= 11 is 0. The number of nitrogens with zero attached hydrogens (tertiary/aromatic N) is 2. The number of ether oxygens (including phenoxy) is 2. The van der Waals surface area contributed by atoms with Gasteiger partial charge in [0.2, 0.25) is 6.86 Å². The summed E-state index contributed by atoms with van der Waals surface area (Å²) in [6.45, 7) is 0.256. The molecule has 1 aliphatic heterocycles. The van der Waals surface area contributed by atoms with Crippen LogP contribution in [0.1, 0.15) is 16.8 Å². The van der Waals surface area contributed by atoms with Crippen LogP contribution >= 0.6 is 0 Å². The number of alkyl halides is 1. The number of fused-ring (bicyclic) bond motifs is 1. The zero-order valence-corrected chi connectivity index (χ0v) is 12.9. The fourth-order valence-corrected chi connectivity index (χ4v) is 2.59. The van der Waals surface area contributed by atoms with Crippen molar-refractivity contribution in [2.75, 3.05) is 13.4 Å². The van der Waals surface area contributed by atoms with E-state index < -0.39 is 13.0 Å². The largest absolute Gasteiger partial charge is 0.487 e. The molecule has 0 atom stereocenters. The van der Waals surface area contributed by atoms with Gasteiger partial charge in [0.1, 0.15) is 18.1 Å². The number of aromatic nitrogens is 1. The lowest BCUT2D eigenvalue weighted by Crippen LogP contribution is -2.34. The van der Waals surface area contributed by atoms with Crippen LogP contribution in [0.2, 0.25) is 0 Å². The molecule has 1 aliphatic rings. The molecule has 2 aromatic rings. The second-order valence-corrected chi connectivity index (χ2v) is 5.41. The fourth-order valence-electron chi connectivity index (χ4n) is 2.59. The number of pyridine rings is 1. The van der Waals surface area contributed by atoms with E-state index in [4.69, 9.17) is 14.6 Å². The van der Waals surface area contributed by atoms with Gasteiger partial charge in [-0.15, -0.1) is 0 Å². The lowest BCUT2D eigenvalue weighted by atomic mass is 10.00. The molecule has 3 rings (SSSR count).